The maximum atomic E-state index is 9.42. The molecule has 0 saturated carbocycles. The molecule has 1 aromatic carbocycles. The summed E-state index contributed by atoms with van der Waals surface area (Å²) in [7, 11) is 0. The fourth-order valence-electron chi connectivity index (χ4n) is 1.51. The summed E-state index contributed by atoms with van der Waals surface area (Å²) in [5, 5.41) is 10.5. The lowest BCUT2D eigenvalue weighted by atomic mass is 10.1. The Hall–Kier alpha value is -1.41. The van der Waals surface area contributed by atoms with Crippen LogP contribution in [-0.4, -0.2) is 10.1 Å². The fraction of sp³-hybridized carbons (Fsp3) is 0.250. The van der Waals surface area contributed by atoms with Crippen molar-refractivity contribution in [1.82, 2.24) is 4.98 Å². The van der Waals surface area contributed by atoms with E-state index in [1.165, 1.54) is 0 Å². The first-order chi connectivity index (χ1) is 6.66. The number of aromatic nitrogens is 1. The number of hydrogen-bond acceptors (Lipinski definition) is 2. The third-order valence-electron chi connectivity index (χ3n) is 2.33. The van der Waals surface area contributed by atoms with Crippen LogP contribution in [0, 0.1) is 6.92 Å². The molecule has 2 rings (SSSR count). The van der Waals surface area contributed by atoms with Crippen molar-refractivity contribution in [2.75, 3.05) is 0 Å². The first-order valence-electron chi connectivity index (χ1n) is 4.72. The van der Waals surface area contributed by atoms with Crippen molar-refractivity contribution in [2.24, 2.45) is 0 Å². The number of aliphatic hydroxyl groups is 1. The largest absolute Gasteiger partial charge is 0.389 e. The predicted molar refractivity (Wildman–Crippen MR) is 57.1 cm³/mol. The summed E-state index contributed by atoms with van der Waals surface area (Å²) < 4.78 is 0. The minimum absolute atomic E-state index is 0.416. The van der Waals surface area contributed by atoms with Gasteiger partial charge < -0.3 is 5.11 Å². The number of nitrogens with zero attached hydrogens (tertiary/aromatic N) is 1. The molecule has 14 heavy (non-hydrogen) atoms. The molecule has 0 aliphatic rings. The van der Waals surface area contributed by atoms with Crippen molar-refractivity contribution in [1.29, 1.82) is 0 Å². The van der Waals surface area contributed by atoms with E-state index < -0.39 is 6.10 Å². The van der Waals surface area contributed by atoms with Gasteiger partial charge in [0.2, 0.25) is 0 Å². The third-order valence-corrected chi connectivity index (χ3v) is 2.33. The summed E-state index contributed by atoms with van der Waals surface area (Å²) in [6.07, 6.45) is -0.416. The number of aliphatic hydroxyl groups excluding tert-OH is 1. The second-order valence-electron chi connectivity index (χ2n) is 3.58. The second kappa shape index (κ2) is 3.39. The van der Waals surface area contributed by atoms with Crippen molar-refractivity contribution >= 4 is 10.9 Å². The van der Waals surface area contributed by atoms with Crippen LogP contribution in [-0.2, 0) is 0 Å². The molecule has 2 aromatic rings. The van der Waals surface area contributed by atoms with Gasteiger partial charge in [-0.3, -0.25) is 4.98 Å². The Kier molecular flexibility index (Phi) is 2.22. The molecule has 72 valence electrons. The quantitative estimate of drug-likeness (QED) is 0.744. The van der Waals surface area contributed by atoms with Crippen molar-refractivity contribution < 1.29 is 5.11 Å². The van der Waals surface area contributed by atoms with Crippen LogP contribution in [0.1, 0.15) is 24.3 Å². The van der Waals surface area contributed by atoms with Crippen LogP contribution < -0.4 is 0 Å². The Morgan fingerprint density at radius 2 is 2.00 bits per heavy atom. The van der Waals surface area contributed by atoms with Crippen molar-refractivity contribution in [3.8, 4) is 0 Å². The Balaban J connectivity index is 2.62. The molecule has 0 bridgehead atoms. The van der Waals surface area contributed by atoms with Gasteiger partial charge in [-0.15, -0.1) is 0 Å². The lowest BCUT2D eigenvalue weighted by Gasteiger charge is -2.05. The molecular weight excluding hydrogens is 174 g/mol. The first kappa shape index (κ1) is 9.16. The molecule has 0 aliphatic heterocycles. The van der Waals surface area contributed by atoms with Crippen molar-refractivity contribution in [3.05, 3.63) is 41.6 Å². The maximum Gasteiger partial charge on any atom is 0.0762 e. The van der Waals surface area contributed by atoms with Gasteiger partial charge in [0.25, 0.3) is 0 Å². The summed E-state index contributed by atoms with van der Waals surface area (Å²) in [5.41, 5.74) is 2.93. The number of rotatable bonds is 1. The SMILES string of the molecule is Cc1ccc2cc([C@H](C)O)ccc2n1. The summed E-state index contributed by atoms with van der Waals surface area (Å²) >= 11 is 0. The van der Waals surface area contributed by atoms with Crippen LogP contribution >= 0.6 is 0 Å². The molecule has 0 radical (unpaired) electrons. The minimum atomic E-state index is -0.416. The molecule has 0 unspecified atom stereocenters. The molecule has 2 nitrogen and oxygen atoms in total. The summed E-state index contributed by atoms with van der Waals surface area (Å²) in [6, 6.07) is 9.86. The summed E-state index contributed by atoms with van der Waals surface area (Å²) in [5.74, 6) is 0. The van der Waals surface area contributed by atoms with E-state index in [9.17, 15) is 5.11 Å². The molecule has 1 heterocycles. The number of aryl methyl sites for hydroxylation is 1. The highest BCUT2D eigenvalue weighted by Gasteiger charge is 2.02. The highest BCUT2D eigenvalue weighted by Crippen LogP contribution is 2.19. The normalized spacial score (nSPS) is 13.1. The zero-order valence-electron chi connectivity index (χ0n) is 8.36. The van der Waals surface area contributed by atoms with Gasteiger partial charge in [-0.1, -0.05) is 12.1 Å². The van der Waals surface area contributed by atoms with Gasteiger partial charge in [-0.2, -0.15) is 0 Å². The van der Waals surface area contributed by atoms with Gasteiger partial charge in [-0.25, -0.2) is 0 Å². The lowest BCUT2D eigenvalue weighted by molar-refractivity contribution is 0.199. The van der Waals surface area contributed by atoms with E-state index in [1.54, 1.807) is 6.92 Å². The van der Waals surface area contributed by atoms with Crippen molar-refractivity contribution in [2.45, 2.75) is 20.0 Å². The molecule has 1 aromatic heterocycles. The maximum absolute atomic E-state index is 9.42. The first-order valence-corrected chi connectivity index (χ1v) is 4.72. The fourth-order valence-corrected chi connectivity index (χ4v) is 1.51. The Bertz CT molecular complexity index is 463. The monoisotopic (exact) mass is 187 g/mol. The molecular formula is C12H13NO. The molecule has 1 atom stereocenters. The standard InChI is InChI=1S/C12H13NO/c1-8-3-4-11-7-10(9(2)14)5-6-12(11)13-8/h3-7,9,14H,1-2H3/t9-/m0/s1. The van der Waals surface area contributed by atoms with E-state index in [0.717, 1.165) is 22.2 Å². The van der Waals surface area contributed by atoms with Gasteiger partial charge in [0, 0.05) is 11.1 Å². The summed E-state index contributed by atoms with van der Waals surface area (Å²) in [6.45, 7) is 3.74. The van der Waals surface area contributed by atoms with Crippen LogP contribution in [0.2, 0.25) is 0 Å². The second-order valence-corrected chi connectivity index (χ2v) is 3.58. The molecule has 0 saturated heterocycles. The predicted octanol–water partition coefficient (Wildman–Crippen LogP) is 2.60. The Morgan fingerprint density at radius 1 is 1.21 bits per heavy atom. The van der Waals surface area contributed by atoms with Gasteiger partial charge in [0.1, 0.15) is 0 Å². The molecule has 2 heteroatoms. The van der Waals surface area contributed by atoms with Gasteiger partial charge in [0.15, 0.2) is 0 Å². The minimum Gasteiger partial charge on any atom is -0.389 e. The summed E-state index contributed by atoms with van der Waals surface area (Å²) in [4.78, 5) is 4.39. The average molecular weight is 187 g/mol. The van der Waals surface area contributed by atoms with E-state index in [-0.39, 0.29) is 0 Å². The number of fused-ring (bicyclic) bond motifs is 1. The van der Waals surface area contributed by atoms with Gasteiger partial charge in [0.05, 0.1) is 11.6 Å². The molecule has 0 amide bonds. The molecule has 0 spiro atoms. The number of pyridine rings is 1. The highest BCUT2D eigenvalue weighted by atomic mass is 16.3. The zero-order valence-corrected chi connectivity index (χ0v) is 8.36. The van der Waals surface area contributed by atoms with Gasteiger partial charge >= 0.3 is 0 Å². The average Bonchev–Trinajstić information content (AvgIpc) is 2.16. The number of benzene rings is 1. The van der Waals surface area contributed by atoms with Crippen LogP contribution in [0.4, 0.5) is 0 Å². The van der Waals surface area contributed by atoms with E-state index in [4.69, 9.17) is 0 Å². The van der Waals surface area contributed by atoms with Crippen LogP contribution in [0.25, 0.3) is 10.9 Å². The van der Waals surface area contributed by atoms with E-state index >= 15 is 0 Å². The third kappa shape index (κ3) is 1.61. The highest BCUT2D eigenvalue weighted by molar-refractivity contribution is 5.79. The van der Waals surface area contributed by atoms with Crippen LogP contribution in [0.3, 0.4) is 0 Å². The van der Waals surface area contributed by atoms with E-state index in [2.05, 4.69) is 4.98 Å². The van der Waals surface area contributed by atoms with Crippen molar-refractivity contribution in [3.63, 3.8) is 0 Å². The lowest BCUT2D eigenvalue weighted by Crippen LogP contribution is -1.91. The Labute approximate surface area is 83.2 Å². The van der Waals surface area contributed by atoms with E-state index in [1.807, 2.05) is 37.3 Å². The molecule has 0 aliphatic carbocycles. The van der Waals surface area contributed by atoms with Gasteiger partial charge in [-0.05, 0) is 37.6 Å². The van der Waals surface area contributed by atoms with E-state index in [0.29, 0.717) is 0 Å². The topological polar surface area (TPSA) is 33.1 Å². The Morgan fingerprint density at radius 3 is 2.71 bits per heavy atom. The molecule has 1 N–H and O–H groups in total. The van der Waals surface area contributed by atoms with Crippen LogP contribution in [0.5, 0.6) is 0 Å². The number of hydrogen-bond donors (Lipinski definition) is 1. The zero-order chi connectivity index (χ0) is 10.1. The molecule has 0 fully saturated rings. The van der Waals surface area contributed by atoms with Crippen LogP contribution in [0.15, 0.2) is 30.3 Å². The smallest absolute Gasteiger partial charge is 0.0762 e.